The Morgan fingerprint density at radius 1 is 1.54 bits per heavy atom. The molecule has 0 aliphatic heterocycles. The van der Waals surface area contributed by atoms with Crippen LogP contribution in [0, 0.1) is 0 Å². The summed E-state index contributed by atoms with van der Waals surface area (Å²) in [5, 5.41) is 2.84. The predicted molar refractivity (Wildman–Crippen MR) is 51.8 cm³/mol. The highest BCUT2D eigenvalue weighted by Crippen LogP contribution is 2.27. The second-order valence-corrected chi connectivity index (χ2v) is 3.23. The van der Waals surface area contributed by atoms with Crippen LogP contribution in [-0.2, 0) is 0 Å². The fraction of sp³-hybridized carbons (Fsp3) is 0.143. The molecular formula is C7H8N4OS. The number of hydrogen-bond donors (Lipinski definition) is 2. The fourth-order valence-electron chi connectivity index (χ4n) is 1.05. The maximum absolute atomic E-state index is 5.21. The van der Waals surface area contributed by atoms with Crippen LogP contribution in [0.1, 0.15) is 0 Å². The number of thiophene rings is 1. The van der Waals surface area contributed by atoms with Crippen molar-refractivity contribution in [2.24, 2.45) is 5.84 Å². The minimum atomic E-state index is 0.367. The molecule has 0 aliphatic rings. The number of nitrogens with two attached hydrogens (primary N) is 1. The van der Waals surface area contributed by atoms with Crippen molar-refractivity contribution in [3.8, 4) is 5.88 Å². The summed E-state index contributed by atoms with van der Waals surface area (Å²) < 4.78 is 5.09. The van der Waals surface area contributed by atoms with Crippen molar-refractivity contribution in [3.63, 3.8) is 0 Å². The van der Waals surface area contributed by atoms with Crippen molar-refractivity contribution in [2.45, 2.75) is 0 Å². The Morgan fingerprint density at radius 2 is 2.38 bits per heavy atom. The van der Waals surface area contributed by atoms with Crippen molar-refractivity contribution in [1.82, 2.24) is 9.97 Å². The summed E-state index contributed by atoms with van der Waals surface area (Å²) in [4.78, 5) is 9.06. The molecule has 0 fully saturated rings. The molecule has 0 spiro atoms. The average molecular weight is 196 g/mol. The maximum atomic E-state index is 5.21. The molecule has 2 aromatic heterocycles. The van der Waals surface area contributed by atoms with Gasteiger partial charge in [0.05, 0.1) is 12.5 Å². The van der Waals surface area contributed by atoms with E-state index in [9.17, 15) is 0 Å². The van der Waals surface area contributed by atoms with Gasteiger partial charge in [-0.25, -0.2) is 10.8 Å². The molecule has 5 nitrogen and oxygen atoms in total. The van der Waals surface area contributed by atoms with E-state index in [2.05, 4.69) is 15.4 Å². The monoisotopic (exact) mass is 196 g/mol. The van der Waals surface area contributed by atoms with Gasteiger partial charge in [-0.15, -0.1) is 11.3 Å². The van der Waals surface area contributed by atoms with Crippen LogP contribution < -0.4 is 16.0 Å². The van der Waals surface area contributed by atoms with Gasteiger partial charge in [0.1, 0.15) is 4.83 Å². The first-order valence-corrected chi connectivity index (χ1v) is 4.49. The summed E-state index contributed by atoms with van der Waals surface area (Å²) in [5.41, 5.74) is 2.39. The topological polar surface area (TPSA) is 73.1 Å². The number of hydrogen-bond acceptors (Lipinski definition) is 6. The van der Waals surface area contributed by atoms with Gasteiger partial charge in [-0.2, -0.15) is 4.98 Å². The Morgan fingerprint density at radius 3 is 3.08 bits per heavy atom. The van der Waals surface area contributed by atoms with E-state index in [4.69, 9.17) is 10.6 Å². The van der Waals surface area contributed by atoms with Gasteiger partial charge in [-0.3, -0.25) is 5.43 Å². The van der Waals surface area contributed by atoms with Crippen molar-refractivity contribution in [3.05, 3.63) is 11.4 Å². The lowest BCUT2D eigenvalue weighted by Crippen LogP contribution is -2.10. The van der Waals surface area contributed by atoms with Crippen molar-refractivity contribution in [1.29, 1.82) is 0 Å². The zero-order valence-electron chi connectivity index (χ0n) is 6.94. The third-order valence-corrected chi connectivity index (χ3v) is 2.42. The quantitative estimate of drug-likeness (QED) is 0.553. The number of aromatic nitrogens is 2. The molecule has 0 aromatic carbocycles. The number of anilines is 1. The minimum absolute atomic E-state index is 0.367. The maximum Gasteiger partial charge on any atom is 0.241 e. The van der Waals surface area contributed by atoms with Crippen LogP contribution in [0.25, 0.3) is 10.2 Å². The molecule has 0 bridgehead atoms. The molecule has 6 heteroatoms. The smallest absolute Gasteiger partial charge is 0.241 e. The van der Waals surface area contributed by atoms with Gasteiger partial charge in [-0.1, -0.05) is 0 Å². The average Bonchev–Trinajstić information content (AvgIpc) is 2.63. The number of nitrogens with zero attached hydrogens (tertiary/aromatic N) is 2. The van der Waals surface area contributed by atoms with E-state index < -0.39 is 0 Å². The number of rotatable bonds is 2. The summed E-state index contributed by atoms with van der Waals surface area (Å²) in [6, 6.07) is 1.92. The number of hydrazine groups is 1. The first-order valence-electron chi connectivity index (χ1n) is 3.61. The Hall–Kier alpha value is -1.40. The third-order valence-electron chi connectivity index (χ3n) is 1.61. The van der Waals surface area contributed by atoms with Crippen molar-refractivity contribution < 1.29 is 4.74 Å². The summed E-state index contributed by atoms with van der Waals surface area (Å²) in [6.45, 7) is 0. The number of fused-ring (bicyclic) bond motifs is 1. The summed E-state index contributed by atoms with van der Waals surface area (Å²) in [7, 11) is 1.57. The first-order chi connectivity index (χ1) is 6.35. The van der Waals surface area contributed by atoms with Gasteiger partial charge in [0.2, 0.25) is 11.8 Å². The Kier molecular flexibility index (Phi) is 1.99. The van der Waals surface area contributed by atoms with E-state index >= 15 is 0 Å². The van der Waals surface area contributed by atoms with E-state index in [0.29, 0.717) is 11.8 Å². The summed E-state index contributed by atoms with van der Waals surface area (Å²) in [6.07, 6.45) is 0. The van der Waals surface area contributed by atoms with Crippen molar-refractivity contribution >= 4 is 27.5 Å². The second-order valence-electron chi connectivity index (χ2n) is 2.34. The molecular weight excluding hydrogens is 188 g/mol. The summed E-state index contributed by atoms with van der Waals surface area (Å²) >= 11 is 1.52. The van der Waals surface area contributed by atoms with E-state index in [-0.39, 0.29) is 0 Å². The molecule has 68 valence electrons. The van der Waals surface area contributed by atoms with Crippen molar-refractivity contribution in [2.75, 3.05) is 12.5 Å². The SMILES string of the molecule is COc1nc(NN)nc2sccc12. The van der Waals surface area contributed by atoms with E-state index in [0.717, 1.165) is 10.2 Å². The molecule has 13 heavy (non-hydrogen) atoms. The normalized spacial score (nSPS) is 10.3. The third kappa shape index (κ3) is 1.30. The standard InChI is InChI=1S/C7H8N4OS/c1-12-5-4-2-3-13-6(4)10-7(9-5)11-8/h2-3H,8H2,1H3,(H,9,10,11). The molecule has 0 atom stereocenters. The number of ether oxygens (including phenoxy) is 1. The fourth-order valence-corrected chi connectivity index (χ4v) is 1.80. The molecule has 2 heterocycles. The molecule has 2 rings (SSSR count). The van der Waals surface area contributed by atoms with Gasteiger partial charge in [0.25, 0.3) is 0 Å². The van der Waals surface area contributed by atoms with Crippen LogP contribution in [-0.4, -0.2) is 17.1 Å². The summed E-state index contributed by atoms with van der Waals surface area (Å²) in [5.74, 6) is 6.12. The Balaban J connectivity index is 2.70. The van der Waals surface area contributed by atoms with Gasteiger partial charge >= 0.3 is 0 Å². The van der Waals surface area contributed by atoms with Crippen LogP contribution >= 0.6 is 11.3 Å². The molecule has 3 N–H and O–H groups in total. The number of methoxy groups -OCH3 is 1. The van der Waals surface area contributed by atoms with E-state index in [1.165, 1.54) is 11.3 Å². The van der Waals surface area contributed by atoms with Gasteiger partial charge in [-0.05, 0) is 11.4 Å². The van der Waals surface area contributed by atoms with Crippen LogP contribution in [0.4, 0.5) is 5.95 Å². The molecule has 0 aliphatic carbocycles. The highest BCUT2D eigenvalue weighted by Gasteiger charge is 2.07. The van der Waals surface area contributed by atoms with E-state index in [1.54, 1.807) is 7.11 Å². The Labute approximate surface area is 78.5 Å². The zero-order valence-corrected chi connectivity index (χ0v) is 7.76. The van der Waals surface area contributed by atoms with Gasteiger partial charge in [0.15, 0.2) is 0 Å². The van der Waals surface area contributed by atoms with Crippen LogP contribution in [0.5, 0.6) is 5.88 Å². The number of nitrogens with one attached hydrogen (secondary N) is 1. The van der Waals surface area contributed by atoms with Crippen LogP contribution in [0.15, 0.2) is 11.4 Å². The second kappa shape index (κ2) is 3.15. The largest absolute Gasteiger partial charge is 0.480 e. The molecule has 2 aromatic rings. The van der Waals surface area contributed by atoms with Crippen LogP contribution in [0.2, 0.25) is 0 Å². The molecule has 0 amide bonds. The highest BCUT2D eigenvalue weighted by molar-refractivity contribution is 7.16. The molecule has 0 radical (unpaired) electrons. The Bertz CT molecular complexity index is 427. The lowest BCUT2D eigenvalue weighted by molar-refractivity contribution is 0.403. The van der Waals surface area contributed by atoms with Gasteiger partial charge in [0, 0.05) is 0 Å². The highest BCUT2D eigenvalue weighted by atomic mass is 32.1. The first kappa shape index (κ1) is 8.21. The molecule has 0 saturated heterocycles. The van der Waals surface area contributed by atoms with E-state index in [1.807, 2.05) is 11.4 Å². The van der Waals surface area contributed by atoms with Gasteiger partial charge < -0.3 is 4.74 Å². The predicted octanol–water partition coefficient (Wildman–Crippen LogP) is 0.985. The van der Waals surface area contributed by atoms with Crippen LogP contribution in [0.3, 0.4) is 0 Å². The minimum Gasteiger partial charge on any atom is -0.480 e. The molecule has 0 unspecified atom stereocenters. The lowest BCUT2D eigenvalue weighted by Gasteiger charge is -2.02. The molecule has 0 saturated carbocycles. The lowest BCUT2D eigenvalue weighted by atomic mass is 10.4. The zero-order chi connectivity index (χ0) is 9.26. The number of nitrogen functional groups attached to an aromatic ring is 1.